The minimum absolute atomic E-state index is 0.191. The van der Waals surface area contributed by atoms with Crippen molar-refractivity contribution in [3.05, 3.63) is 0 Å². The molecule has 2 atom stereocenters. The zero-order valence-electron chi connectivity index (χ0n) is 10.7. The van der Waals surface area contributed by atoms with Gasteiger partial charge in [0.1, 0.15) is 12.2 Å². The summed E-state index contributed by atoms with van der Waals surface area (Å²) in [4.78, 5) is 0. The Labute approximate surface area is 102 Å². The highest BCUT2D eigenvalue weighted by molar-refractivity contribution is 5.74. The van der Waals surface area contributed by atoms with Gasteiger partial charge in [-0.05, 0) is 0 Å². The summed E-state index contributed by atoms with van der Waals surface area (Å²) in [5, 5.41) is 11.7. The van der Waals surface area contributed by atoms with Crippen LogP contribution in [0.5, 0.6) is 0 Å². The number of nitrogens with zero attached hydrogens (tertiary/aromatic N) is 4. The molecule has 1 heterocycles. The third kappa shape index (κ3) is 5.62. The van der Waals surface area contributed by atoms with Crippen molar-refractivity contribution >= 4 is 12.4 Å². The van der Waals surface area contributed by atoms with Gasteiger partial charge in [-0.25, -0.2) is 0 Å². The minimum Gasteiger partial charge on any atom is -0.343 e. The molecule has 0 aromatic heterocycles. The molecule has 98 valence electrons. The van der Waals surface area contributed by atoms with Crippen molar-refractivity contribution in [3.8, 4) is 0 Å². The van der Waals surface area contributed by atoms with E-state index in [4.69, 9.17) is 14.2 Å². The fourth-order valence-electron chi connectivity index (χ4n) is 1.13. The summed E-state index contributed by atoms with van der Waals surface area (Å²) >= 11 is 0. The van der Waals surface area contributed by atoms with Crippen molar-refractivity contribution in [1.82, 2.24) is 10.0 Å². The van der Waals surface area contributed by atoms with Gasteiger partial charge in [-0.1, -0.05) is 0 Å². The maximum absolute atomic E-state index is 5.47. The molecule has 0 amide bonds. The van der Waals surface area contributed by atoms with Crippen LogP contribution in [0.4, 0.5) is 0 Å². The van der Waals surface area contributed by atoms with Crippen LogP contribution in [0.2, 0.25) is 0 Å². The van der Waals surface area contributed by atoms with Crippen molar-refractivity contribution in [3.63, 3.8) is 0 Å². The van der Waals surface area contributed by atoms with Crippen LogP contribution in [0, 0.1) is 0 Å². The summed E-state index contributed by atoms with van der Waals surface area (Å²) in [5.41, 5.74) is 0. The summed E-state index contributed by atoms with van der Waals surface area (Å²) < 4.78 is 16.0. The topological polar surface area (TPSA) is 58.9 Å². The lowest BCUT2D eigenvalue weighted by atomic mass is 10.2. The molecule has 0 aromatic carbocycles. The minimum atomic E-state index is -0.302. The van der Waals surface area contributed by atoms with Gasteiger partial charge < -0.3 is 24.2 Å². The maximum atomic E-state index is 5.47. The van der Waals surface area contributed by atoms with Crippen LogP contribution >= 0.6 is 0 Å². The van der Waals surface area contributed by atoms with E-state index in [9.17, 15) is 0 Å². The van der Waals surface area contributed by atoms with Crippen LogP contribution < -0.4 is 0 Å². The SMILES string of the molecule is CN(C)/N=C/[C@@H]1OCOCO[C@H]1/C=N/N(C)C. The number of rotatable bonds is 4. The molecule has 1 saturated heterocycles. The van der Waals surface area contributed by atoms with Crippen molar-refractivity contribution < 1.29 is 14.2 Å². The number of ether oxygens (including phenoxy) is 3. The van der Waals surface area contributed by atoms with Crippen molar-refractivity contribution in [2.75, 3.05) is 41.8 Å². The first kappa shape index (κ1) is 13.9. The third-order valence-corrected chi connectivity index (χ3v) is 1.90. The number of hydrogen-bond donors (Lipinski definition) is 0. The van der Waals surface area contributed by atoms with Gasteiger partial charge in [-0.2, -0.15) is 10.2 Å². The second kappa shape index (κ2) is 7.21. The second-order valence-electron chi connectivity index (χ2n) is 3.93. The molecule has 0 N–H and O–H groups in total. The number of hydrogen-bond acceptors (Lipinski definition) is 7. The van der Waals surface area contributed by atoms with E-state index < -0.39 is 0 Å². The predicted octanol–water partition coefficient (Wildman–Crippen LogP) is -0.203. The molecule has 1 aliphatic rings. The molecule has 1 aliphatic heterocycles. The molecule has 1 fully saturated rings. The second-order valence-corrected chi connectivity index (χ2v) is 3.93. The molecule has 0 aliphatic carbocycles. The zero-order chi connectivity index (χ0) is 12.7. The van der Waals surface area contributed by atoms with Crippen LogP contribution in [0.3, 0.4) is 0 Å². The average Bonchev–Trinajstić information content (AvgIpc) is 2.48. The quantitative estimate of drug-likeness (QED) is 0.506. The van der Waals surface area contributed by atoms with Gasteiger partial charge >= 0.3 is 0 Å². The highest BCUT2D eigenvalue weighted by atomic mass is 16.8. The van der Waals surface area contributed by atoms with Gasteiger partial charge in [0, 0.05) is 28.2 Å². The third-order valence-electron chi connectivity index (χ3n) is 1.90. The molecule has 7 nitrogen and oxygen atoms in total. The van der Waals surface area contributed by atoms with E-state index >= 15 is 0 Å². The van der Waals surface area contributed by atoms with Crippen LogP contribution in [0.25, 0.3) is 0 Å². The van der Waals surface area contributed by atoms with E-state index in [1.54, 1.807) is 22.4 Å². The summed E-state index contributed by atoms with van der Waals surface area (Å²) in [6, 6.07) is 0. The fourth-order valence-corrected chi connectivity index (χ4v) is 1.13. The molecule has 0 radical (unpaired) electrons. The van der Waals surface area contributed by atoms with E-state index in [2.05, 4.69) is 10.2 Å². The van der Waals surface area contributed by atoms with Crippen LogP contribution in [-0.4, -0.2) is 76.4 Å². The Hall–Kier alpha value is -1.18. The van der Waals surface area contributed by atoms with Crippen molar-refractivity contribution in [2.45, 2.75) is 12.2 Å². The zero-order valence-corrected chi connectivity index (χ0v) is 10.7. The monoisotopic (exact) mass is 244 g/mol. The van der Waals surface area contributed by atoms with E-state index in [1.807, 2.05) is 28.2 Å². The van der Waals surface area contributed by atoms with Crippen LogP contribution in [0.15, 0.2) is 10.2 Å². The molecule has 0 bridgehead atoms. The summed E-state index contributed by atoms with van der Waals surface area (Å²) in [6.45, 7) is 0.382. The first-order chi connectivity index (χ1) is 8.09. The van der Waals surface area contributed by atoms with E-state index in [1.165, 1.54) is 0 Å². The van der Waals surface area contributed by atoms with Crippen LogP contribution in [-0.2, 0) is 14.2 Å². The molecule has 0 unspecified atom stereocenters. The molecule has 0 saturated carbocycles. The first-order valence-electron chi connectivity index (χ1n) is 5.33. The van der Waals surface area contributed by atoms with E-state index in [0.29, 0.717) is 0 Å². The smallest absolute Gasteiger partial charge is 0.150 e. The standard InChI is InChI=1S/C10H20N4O3/c1-13(2)11-5-9-10(6-12-14(3)4)17-8-15-7-16-9/h5-6,9-10H,7-8H2,1-4H3/b11-5+,12-6+/t9-,10-/m0/s1. The Morgan fingerprint density at radius 3 is 1.65 bits per heavy atom. The summed E-state index contributed by atoms with van der Waals surface area (Å²) in [5.74, 6) is 0. The lowest BCUT2D eigenvalue weighted by Gasteiger charge is -2.17. The van der Waals surface area contributed by atoms with Crippen molar-refractivity contribution in [1.29, 1.82) is 0 Å². The largest absolute Gasteiger partial charge is 0.343 e. The Bertz CT molecular complexity index is 242. The van der Waals surface area contributed by atoms with Gasteiger partial charge in [0.25, 0.3) is 0 Å². The molecule has 0 spiro atoms. The van der Waals surface area contributed by atoms with Gasteiger partial charge in [0.2, 0.25) is 0 Å². The van der Waals surface area contributed by atoms with E-state index in [0.717, 1.165) is 0 Å². The Morgan fingerprint density at radius 1 is 0.882 bits per heavy atom. The molecular formula is C10H20N4O3. The Morgan fingerprint density at radius 2 is 1.29 bits per heavy atom. The maximum Gasteiger partial charge on any atom is 0.150 e. The highest BCUT2D eigenvalue weighted by Crippen LogP contribution is 2.06. The van der Waals surface area contributed by atoms with Gasteiger partial charge in [-0.15, -0.1) is 0 Å². The predicted molar refractivity (Wildman–Crippen MR) is 64.9 cm³/mol. The lowest BCUT2D eigenvalue weighted by molar-refractivity contribution is -0.0819. The van der Waals surface area contributed by atoms with Gasteiger partial charge in [0.05, 0.1) is 12.4 Å². The van der Waals surface area contributed by atoms with Gasteiger partial charge in [-0.3, -0.25) is 0 Å². The molecule has 1 rings (SSSR count). The fraction of sp³-hybridized carbons (Fsp3) is 0.800. The van der Waals surface area contributed by atoms with E-state index in [-0.39, 0.29) is 25.8 Å². The normalized spacial score (nSPS) is 26.4. The first-order valence-corrected chi connectivity index (χ1v) is 5.33. The lowest BCUT2D eigenvalue weighted by Crippen LogP contribution is -2.33. The molecule has 17 heavy (non-hydrogen) atoms. The molecule has 0 aromatic rings. The number of hydrazone groups is 2. The average molecular weight is 244 g/mol. The summed E-state index contributed by atoms with van der Waals surface area (Å²) in [7, 11) is 7.36. The van der Waals surface area contributed by atoms with Crippen LogP contribution in [0.1, 0.15) is 0 Å². The molecule has 7 heteroatoms. The van der Waals surface area contributed by atoms with Crippen molar-refractivity contribution in [2.24, 2.45) is 10.2 Å². The summed E-state index contributed by atoms with van der Waals surface area (Å²) in [6.07, 6.45) is 2.76. The Kier molecular flexibility index (Phi) is 5.88. The Balaban J connectivity index is 2.65. The highest BCUT2D eigenvalue weighted by Gasteiger charge is 2.23. The molecular weight excluding hydrogens is 224 g/mol. The van der Waals surface area contributed by atoms with Gasteiger partial charge in [0.15, 0.2) is 13.6 Å².